The van der Waals surface area contributed by atoms with Crippen molar-refractivity contribution in [3.05, 3.63) is 71.1 Å². The molecule has 0 spiro atoms. The number of aryl methyl sites for hydroxylation is 1. The lowest BCUT2D eigenvalue weighted by molar-refractivity contribution is -0.116. The maximum atomic E-state index is 12.2. The Labute approximate surface area is 155 Å². The average Bonchev–Trinajstić information content (AvgIpc) is 3.07. The molecule has 0 saturated heterocycles. The summed E-state index contributed by atoms with van der Waals surface area (Å²) in [7, 11) is 0. The molecule has 1 heterocycles. The van der Waals surface area contributed by atoms with Crippen molar-refractivity contribution >= 4 is 28.3 Å². The van der Waals surface area contributed by atoms with Crippen LogP contribution in [0.2, 0.25) is 0 Å². The van der Waals surface area contributed by atoms with Gasteiger partial charge in [0.1, 0.15) is 4.88 Å². The molecule has 5 nitrogen and oxygen atoms in total. The van der Waals surface area contributed by atoms with E-state index < -0.39 is 5.91 Å². The maximum Gasteiger partial charge on any atom is 0.261 e. The summed E-state index contributed by atoms with van der Waals surface area (Å²) in [4.78, 5) is 28.6. The smallest absolute Gasteiger partial charge is 0.261 e. The molecule has 3 N–H and O–H groups in total. The number of hydrogen-bond acceptors (Lipinski definition) is 4. The van der Waals surface area contributed by atoms with Gasteiger partial charge in [0.2, 0.25) is 5.91 Å². The number of aromatic nitrogens is 1. The highest BCUT2D eigenvalue weighted by molar-refractivity contribution is 7.18. The molecule has 2 amide bonds. The Hall–Kier alpha value is -2.99. The van der Waals surface area contributed by atoms with Crippen molar-refractivity contribution in [2.24, 2.45) is 5.73 Å². The summed E-state index contributed by atoms with van der Waals surface area (Å²) in [5.74, 6) is -0.670. The van der Waals surface area contributed by atoms with Gasteiger partial charge in [-0.25, -0.2) is 4.98 Å². The molecule has 2 aromatic carbocycles. The molecule has 0 aliphatic carbocycles. The number of rotatable bonds is 7. The number of benzene rings is 2. The van der Waals surface area contributed by atoms with Crippen molar-refractivity contribution in [3.63, 3.8) is 0 Å². The van der Waals surface area contributed by atoms with E-state index in [2.05, 4.69) is 10.3 Å². The largest absolute Gasteiger partial charge is 0.365 e. The number of nitrogens with two attached hydrogens (primary N) is 1. The highest BCUT2D eigenvalue weighted by Crippen LogP contribution is 2.30. The van der Waals surface area contributed by atoms with Crippen LogP contribution in [0.4, 0.5) is 5.13 Å². The summed E-state index contributed by atoms with van der Waals surface area (Å²) in [6.07, 6.45) is 1.98. The first-order valence-electron chi connectivity index (χ1n) is 8.33. The fourth-order valence-electron chi connectivity index (χ4n) is 2.61. The number of primary amides is 1. The molecule has 0 aliphatic rings. The number of hydrogen-bond donors (Lipinski definition) is 2. The molecule has 0 saturated carbocycles. The Bertz CT molecular complexity index is 892. The normalized spacial score (nSPS) is 10.5. The fraction of sp³-hybridized carbons (Fsp3) is 0.150. The van der Waals surface area contributed by atoms with E-state index in [1.807, 2.05) is 60.7 Å². The van der Waals surface area contributed by atoms with Gasteiger partial charge in [-0.1, -0.05) is 72.0 Å². The SMILES string of the molecule is NC(=O)c1sc(NC(=O)CCCc2ccccc2)nc1-c1ccccc1. The van der Waals surface area contributed by atoms with Crippen molar-refractivity contribution in [1.29, 1.82) is 0 Å². The number of carbonyl (C=O) groups is 2. The highest BCUT2D eigenvalue weighted by Gasteiger charge is 2.18. The molecular weight excluding hydrogens is 346 g/mol. The fourth-order valence-corrected chi connectivity index (χ4v) is 3.47. The van der Waals surface area contributed by atoms with E-state index in [9.17, 15) is 9.59 Å². The zero-order valence-electron chi connectivity index (χ0n) is 14.1. The summed E-state index contributed by atoms with van der Waals surface area (Å²) in [5, 5.41) is 3.17. The predicted molar refractivity (Wildman–Crippen MR) is 104 cm³/mol. The maximum absolute atomic E-state index is 12.2. The Balaban J connectivity index is 1.64. The van der Waals surface area contributed by atoms with Crippen LogP contribution in [0.1, 0.15) is 28.1 Å². The van der Waals surface area contributed by atoms with Crippen molar-refractivity contribution in [3.8, 4) is 11.3 Å². The lowest BCUT2D eigenvalue weighted by Gasteiger charge is -2.02. The van der Waals surface area contributed by atoms with Gasteiger partial charge in [-0.2, -0.15) is 0 Å². The molecule has 0 atom stereocenters. The van der Waals surface area contributed by atoms with Crippen LogP contribution >= 0.6 is 11.3 Å². The first kappa shape index (κ1) is 17.8. The first-order chi connectivity index (χ1) is 12.6. The Morgan fingerprint density at radius 3 is 2.31 bits per heavy atom. The van der Waals surface area contributed by atoms with Crippen molar-refractivity contribution in [1.82, 2.24) is 4.98 Å². The molecule has 0 unspecified atom stereocenters. The number of nitrogens with zero attached hydrogens (tertiary/aromatic N) is 1. The molecule has 0 bridgehead atoms. The Kier molecular flexibility index (Phi) is 5.76. The molecule has 3 rings (SSSR count). The number of carbonyl (C=O) groups excluding carboxylic acids is 2. The van der Waals surface area contributed by atoms with Gasteiger partial charge < -0.3 is 11.1 Å². The van der Waals surface area contributed by atoms with E-state index >= 15 is 0 Å². The molecule has 0 aliphatic heterocycles. The van der Waals surface area contributed by atoms with Crippen LogP contribution in [-0.4, -0.2) is 16.8 Å². The number of anilines is 1. The van der Waals surface area contributed by atoms with Gasteiger partial charge in [0.05, 0.1) is 5.69 Å². The van der Waals surface area contributed by atoms with E-state index in [4.69, 9.17) is 5.73 Å². The minimum atomic E-state index is -0.550. The van der Waals surface area contributed by atoms with Gasteiger partial charge >= 0.3 is 0 Å². The lowest BCUT2D eigenvalue weighted by atomic mass is 10.1. The van der Waals surface area contributed by atoms with Gasteiger partial charge in [-0.05, 0) is 18.4 Å². The molecule has 3 aromatic rings. The Morgan fingerprint density at radius 2 is 1.65 bits per heavy atom. The van der Waals surface area contributed by atoms with Crippen LogP contribution in [0.15, 0.2) is 60.7 Å². The van der Waals surface area contributed by atoms with E-state index in [0.29, 0.717) is 22.1 Å². The molecular formula is C20H19N3O2S. The van der Waals surface area contributed by atoms with Gasteiger partial charge in [0.15, 0.2) is 5.13 Å². The van der Waals surface area contributed by atoms with Crippen molar-refractivity contribution < 1.29 is 9.59 Å². The third kappa shape index (κ3) is 4.55. The third-order valence-corrected chi connectivity index (χ3v) is 4.84. The zero-order valence-corrected chi connectivity index (χ0v) is 15.0. The van der Waals surface area contributed by atoms with Gasteiger partial charge in [-0.15, -0.1) is 0 Å². The second kappa shape index (κ2) is 8.40. The predicted octanol–water partition coefficient (Wildman–Crippen LogP) is 3.87. The summed E-state index contributed by atoms with van der Waals surface area (Å²) in [6, 6.07) is 19.4. The topological polar surface area (TPSA) is 85.1 Å². The van der Waals surface area contributed by atoms with Gasteiger partial charge in [-0.3, -0.25) is 9.59 Å². The van der Waals surface area contributed by atoms with E-state index in [1.165, 1.54) is 5.56 Å². The second-order valence-corrected chi connectivity index (χ2v) is 6.81. The van der Waals surface area contributed by atoms with E-state index in [1.54, 1.807) is 0 Å². The Morgan fingerprint density at radius 1 is 1.00 bits per heavy atom. The van der Waals surface area contributed by atoms with Gasteiger partial charge in [0, 0.05) is 12.0 Å². The quantitative estimate of drug-likeness (QED) is 0.666. The molecule has 6 heteroatoms. The van der Waals surface area contributed by atoms with Crippen LogP contribution in [0.3, 0.4) is 0 Å². The number of nitrogens with one attached hydrogen (secondary N) is 1. The van der Waals surface area contributed by atoms with Crippen molar-refractivity contribution in [2.45, 2.75) is 19.3 Å². The summed E-state index contributed by atoms with van der Waals surface area (Å²) >= 11 is 1.10. The second-order valence-electron chi connectivity index (χ2n) is 5.81. The summed E-state index contributed by atoms with van der Waals surface area (Å²) < 4.78 is 0. The van der Waals surface area contributed by atoms with Crippen LogP contribution in [0.5, 0.6) is 0 Å². The minimum Gasteiger partial charge on any atom is -0.365 e. The third-order valence-electron chi connectivity index (χ3n) is 3.86. The monoisotopic (exact) mass is 365 g/mol. The number of thiazole rings is 1. The molecule has 0 fully saturated rings. The van der Waals surface area contributed by atoms with Crippen molar-refractivity contribution in [2.75, 3.05) is 5.32 Å². The van der Waals surface area contributed by atoms with Crippen LogP contribution in [0.25, 0.3) is 11.3 Å². The van der Waals surface area contributed by atoms with Crippen LogP contribution < -0.4 is 11.1 Å². The van der Waals surface area contributed by atoms with E-state index in [-0.39, 0.29) is 5.91 Å². The van der Waals surface area contributed by atoms with E-state index in [0.717, 1.165) is 29.7 Å². The minimum absolute atomic E-state index is 0.120. The molecule has 0 radical (unpaired) electrons. The molecule has 132 valence electrons. The zero-order chi connectivity index (χ0) is 18.4. The lowest BCUT2D eigenvalue weighted by Crippen LogP contribution is -2.11. The molecule has 1 aromatic heterocycles. The van der Waals surface area contributed by atoms with Crippen LogP contribution in [-0.2, 0) is 11.2 Å². The highest BCUT2D eigenvalue weighted by atomic mass is 32.1. The van der Waals surface area contributed by atoms with Gasteiger partial charge in [0.25, 0.3) is 5.91 Å². The average molecular weight is 365 g/mol. The number of amides is 2. The molecule has 26 heavy (non-hydrogen) atoms. The summed E-state index contributed by atoms with van der Waals surface area (Å²) in [6.45, 7) is 0. The first-order valence-corrected chi connectivity index (χ1v) is 9.15. The van der Waals surface area contributed by atoms with Crippen LogP contribution in [0, 0.1) is 0 Å². The summed E-state index contributed by atoms with van der Waals surface area (Å²) in [5.41, 5.74) is 7.96. The standard InChI is InChI=1S/C20H19N3O2S/c21-19(25)18-17(15-11-5-2-6-12-15)23-20(26-18)22-16(24)13-7-10-14-8-3-1-4-9-14/h1-6,8-9,11-12H,7,10,13H2,(H2,21,25)(H,22,23,24).